The van der Waals surface area contributed by atoms with E-state index in [0.29, 0.717) is 25.1 Å². The zero-order chi connectivity index (χ0) is 15.0. The molecule has 1 rings (SSSR count). The predicted molar refractivity (Wildman–Crippen MR) is 71.6 cm³/mol. The highest BCUT2D eigenvalue weighted by atomic mass is 16.6. The van der Waals surface area contributed by atoms with E-state index in [-0.39, 0.29) is 12.1 Å². The number of carbonyl (C=O) groups is 2. The lowest BCUT2D eigenvalue weighted by Gasteiger charge is -2.06. The van der Waals surface area contributed by atoms with Crippen molar-refractivity contribution in [1.29, 1.82) is 0 Å². The molecule has 1 aromatic rings. The molecular weight excluding hydrogens is 266 g/mol. The van der Waals surface area contributed by atoms with Gasteiger partial charge in [-0.25, -0.2) is 4.79 Å². The van der Waals surface area contributed by atoms with Gasteiger partial charge in [-0.3, -0.25) is 14.9 Å². The van der Waals surface area contributed by atoms with Crippen LogP contribution in [-0.2, 0) is 4.79 Å². The first kappa shape index (κ1) is 15.4. The van der Waals surface area contributed by atoms with Crippen LogP contribution in [0.3, 0.4) is 0 Å². The first-order valence-corrected chi connectivity index (χ1v) is 6.00. The predicted octanol–water partition coefficient (Wildman–Crippen LogP) is 1.97. The minimum Gasteiger partial charge on any atom is -0.481 e. The minimum absolute atomic E-state index is 0.0513. The van der Waals surface area contributed by atoms with Crippen LogP contribution in [0.25, 0.3) is 0 Å². The Morgan fingerprint density at radius 1 is 1.20 bits per heavy atom. The SMILES string of the molecule is O=C(O)CCCCNC(=O)Nc1ccc([N+](=O)[O-])cc1. The van der Waals surface area contributed by atoms with Crippen molar-refractivity contribution in [2.45, 2.75) is 19.3 Å². The van der Waals surface area contributed by atoms with Gasteiger partial charge >= 0.3 is 12.0 Å². The van der Waals surface area contributed by atoms with E-state index in [0.717, 1.165) is 0 Å². The molecule has 0 radical (unpaired) electrons. The maximum Gasteiger partial charge on any atom is 0.319 e. The summed E-state index contributed by atoms with van der Waals surface area (Å²) < 4.78 is 0. The molecular formula is C12H15N3O5. The monoisotopic (exact) mass is 281 g/mol. The number of carboxylic acids is 1. The molecule has 0 saturated heterocycles. The van der Waals surface area contributed by atoms with Crippen molar-refractivity contribution in [1.82, 2.24) is 5.32 Å². The van der Waals surface area contributed by atoms with Gasteiger partial charge in [-0.15, -0.1) is 0 Å². The van der Waals surface area contributed by atoms with Gasteiger partial charge in [-0.2, -0.15) is 0 Å². The fourth-order valence-corrected chi connectivity index (χ4v) is 1.44. The Hall–Kier alpha value is -2.64. The summed E-state index contributed by atoms with van der Waals surface area (Å²) in [7, 11) is 0. The summed E-state index contributed by atoms with van der Waals surface area (Å²) in [5.74, 6) is -0.861. The summed E-state index contributed by atoms with van der Waals surface area (Å²) in [6, 6.07) is 5.02. The number of nitrogens with zero attached hydrogens (tertiary/aromatic N) is 1. The van der Waals surface area contributed by atoms with E-state index in [9.17, 15) is 19.7 Å². The highest BCUT2D eigenvalue weighted by molar-refractivity contribution is 5.89. The number of unbranched alkanes of at least 4 members (excludes halogenated alkanes) is 1. The van der Waals surface area contributed by atoms with Crippen LogP contribution in [-0.4, -0.2) is 28.6 Å². The second kappa shape index (κ2) is 7.72. The van der Waals surface area contributed by atoms with Crippen LogP contribution in [0, 0.1) is 10.1 Å². The number of hydrogen-bond acceptors (Lipinski definition) is 4. The molecule has 0 saturated carbocycles. The number of anilines is 1. The molecule has 3 N–H and O–H groups in total. The van der Waals surface area contributed by atoms with E-state index in [1.54, 1.807) is 0 Å². The fourth-order valence-electron chi connectivity index (χ4n) is 1.44. The third-order valence-corrected chi connectivity index (χ3v) is 2.44. The quantitative estimate of drug-likeness (QED) is 0.400. The van der Waals surface area contributed by atoms with E-state index in [1.807, 2.05) is 0 Å². The van der Waals surface area contributed by atoms with Gasteiger partial charge < -0.3 is 15.7 Å². The molecule has 1 aromatic carbocycles. The highest BCUT2D eigenvalue weighted by Gasteiger charge is 2.06. The van der Waals surface area contributed by atoms with Gasteiger partial charge in [0.25, 0.3) is 5.69 Å². The summed E-state index contributed by atoms with van der Waals surface area (Å²) in [5, 5.41) is 24.0. The van der Waals surface area contributed by atoms with Gasteiger partial charge in [0, 0.05) is 30.8 Å². The number of benzene rings is 1. The average molecular weight is 281 g/mol. The molecule has 0 spiro atoms. The van der Waals surface area contributed by atoms with Crippen LogP contribution >= 0.6 is 0 Å². The van der Waals surface area contributed by atoms with Crippen LogP contribution in [0.15, 0.2) is 24.3 Å². The number of nitrogens with one attached hydrogen (secondary N) is 2. The Morgan fingerprint density at radius 3 is 2.40 bits per heavy atom. The normalized spacial score (nSPS) is 9.80. The van der Waals surface area contributed by atoms with Crippen LogP contribution in [0.5, 0.6) is 0 Å². The van der Waals surface area contributed by atoms with Crippen LogP contribution < -0.4 is 10.6 Å². The number of hydrogen-bond donors (Lipinski definition) is 3. The van der Waals surface area contributed by atoms with Gasteiger partial charge in [-0.1, -0.05) is 0 Å². The van der Waals surface area contributed by atoms with Crippen LogP contribution in [0.1, 0.15) is 19.3 Å². The van der Waals surface area contributed by atoms with Crippen molar-refractivity contribution in [3.63, 3.8) is 0 Å². The van der Waals surface area contributed by atoms with Gasteiger partial charge in [-0.05, 0) is 25.0 Å². The third kappa shape index (κ3) is 5.80. The Bertz CT molecular complexity index is 486. The molecule has 0 fully saturated rings. The Kier molecular flexibility index (Phi) is 5.95. The minimum atomic E-state index is -0.861. The lowest BCUT2D eigenvalue weighted by atomic mass is 10.2. The Balaban J connectivity index is 2.28. The molecule has 20 heavy (non-hydrogen) atoms. The molecule has 0 atom stereocenters. The molecule has 0 unspecified atom stereocenters. The van der Waals surface area contributed by atoms with Gasteiger partial charge in [0.15, 0.2) is 0 Å². The smallest absolute Gasteiger partial charge is 0.319 e. The van der Waals surface area contributed by atoms with Gasteiger partial charge in [0.1, 0.15) is 0 Å². The molecule has 0 aliphatic rings. The number of urea groups is 1. The molecule has 2 amide bonds. The number of non-ortho nitro benzene ring substituents is 1. The van der Waals surface area contributed by atoms with E-state index in [2.05, 4.69) is 10.6 Å². The second-order valence-electron chi connectivity index (χ2n) is 4.04. The topological polar surface area (TPSA) is 122 Å². The molecule has 8 heteroatoms. The number of aliphatic carboxylic acids is 1. The van der Waals surface area contributed by atoms with E-state index >= 15 is 0 Å². The van der Waals surface area contributed by atoms with E-state index < -0.39 is 16.9 Å². The summed E-state index contributed by atoms with van der Waals surface area (Å²) in [4.78, 5) is 31.6. The molecule has 0 aliphatic heterocycles. The maximum atomic E-state index is 11.5. The molecule has 0 heterocycles. The lowest BCUT2D eigenvalue weighted by molar-refractivity contribution is -0.384. The number of amides is 2. The molecule has 108 valence electrons. The zero-order valence-electron chi connectivity index (χ0n) is 10.7. The summed E-state index contributed by atoms with van der Waals surface area (Å²) in [5.41, 5.74) is 0.392. The second-order valence-corrected chi connectivity index (χ2v) is 4.04. The van der Waals surface area contributed by atoms with Crippen molar-refractivity contribution in [3.05, 3.63) is 34.4 Å². The van der Waals surface area contributed by atoms with E-state index in [1.165, 1.54) is 24.3 Å². The fraction of sp³-hybridized carbons (Fsp3) is 0.333. The molecule has 0 aromatic heterocycles. The van der Waals surface area contributed by atoms with Crippen molar-refractivity contribution in [2.75, 3.05) is 11.9 Å². The number of nitro groups is 1. The summed E-state index contributed by atoms with van der Waals surface area (Å²) in [6.45, 7) is 0.367. The maximum absolute atomic E-state index is 11.5. The van der Waals surface area contributed by atoms with E-state index in [4.69, 9.17) is 5.11 Å². The number of rotatable bonds is 7. The average Bonchev–Trinajstić information content (AvgIpc) is 2.38. The van der Waals surface area contributed by atoms with Crippen LogP contribution in [0.2, 0.25) is 0 Å². The zero-order valence-corrected chi connectivity index (χ0v) is 10.7. The van der Waals surface area contributed by atoms with Crippen LogP contribution in [0.4, 0.5) is 16.2 Å². The van der Waals surface area contributed by atoms with Gasteiger partial charge in [0.05, 0.1) is 4.92 Å². The van der Waals surface area contributed by atoms with Gasteiger partial charge in [0.2, 0.25) is 0 Å². The largest absolute Gasteiger partial charge is 0.481 e. The summed E-state index contributed by atoms with van der Waals surface area (Å²) in [6.07, 6.45) is 1.14. The number of carboxylic acid groups (broad SMARTS) is 1. The Morgan fingerprint density at radius 2 is 1.85 bits per heavy atom. The highest BCUT2D eigenvalue weighted by Crippen LogP contribution is 2.15. The number of nitro benzene ring substituents is 1. The van der Waals surface area contributed by atoms with Crippen molar-refractivity contribution in [2.24, 2.45) is 0 Å². The standard InChI is InChI=1S/C12H15N3O5/c16-11(17)3-1-2-8-13-12(18)14-9-4-6-10(7-5-9)15(19)20/h4-7H,1-3,8H2,(H,16,17)(H2,13,14,18). The molecule has 8 nitrogen and oxygen atoms in total. The first-order chi connectivity index (χ1) is 9.49. The molecule has 0 bridgehead atoms. The third-order valence-electron chi connectivity index (χ3n) is 2.44. The van der Waals surface area contributed by atoms with Crippen molar-refractivity contribution >= 4 is 23.4 Å². The number of carbonyl (C=O) groups excluding carboxylic acids is 1. The molecule has 0 aliphatic carbocycles. The Labute approximate surface area is 114 Å². The van der Waals surface area contributed by atoms with Crippen molar-refractivity contribution in [3.8, 4) is 0 Å². The first-order valence-electron chi connectivity index (χ1n) is 6.00. The summed E-state index contributed by atoms with van der Waals surface area (Å²) >= 11 is 0. The lowest BCUT2D eigenvalue weighted by Crippen LogP contribution is -2.29. The van der Waals surface area contributed by atoms with Crippen molar-refractivity contribution < 1.29 is 19.6 Å².